The first-order valence-corrected chi connectivity index (χ1v) is 8.39. The highest BCUT2D eigenvalue weighted by Crippen LogP contribution is 2.29. The zero-order valence-electron chi connectivity index (χ0n) is 12.9. The van der Waals surface area contributed by atoms with Crippen LogP contribution in [0.15, 0.2) is 5.38 Å². The number of ether oxygens (including phenoxy) is 1. The highest BCUT2D eigenvalue weighted by molar-refractivity contribution is 7.09. The highest BCUT2D eigenvalue weighted by Gasteiger charge is 2.33. The van der Waals surface area contributed by atoms with Crippen LogP contribution in [-0.4, -0.2) is 49.8 Å². The van der Waals surface area contributed by atoms with Crippen molar-refractivity contribution in [3.63, 3.8) is 0 Å². The first-order chi connectivity index (χ1) is 9.63. The van der Waals surface area contributed by atoms with Gasteiger partial charge in [0.2, 0.25) is 0 Å². The first-order valence-electron chi connectivity index (χ1n) is 7.51. The lowest BCUT2D eigenvalue weighted by atomic mass is 9.81. The number of nitrogens with one attached hydrogen (secondary N) is 1. The molecule has 0 radical (unpaired) electrons. The molecule has 1 saturated heterocycles. The van der Waals surface area contributed by atoms with E-state index in [-0.39, 0.29) is 5.41 Å². The highest BCUT2D eigenvalue weighted by atomic mass is 32.1. The van der Waals surface area contributed by atoms with Gasteiger partial charge in [-0.3, -0.25) is 4.90 Å². The molecular weight excluding hydrogens is 270 g/mol. The van der Waals surface area contributed by atoms with E-state index in [4.69, 9.17) is 4.74 Å². The molecule has 1 aromatic rings. The van der Waals surface area contributed by atoms with Crippen molar-refractivity contribution in [2.75, 3.05) is 39.9 Å². The minimum atomic E-state index is 0.258. The molecule has 2 heterocycles. The van der Waals surface area contributed by atoms with Gasteiger partial charge in [0.15, 0.2) is 0 Å². The van der Waals surface area contributed by atoms with Gasteiger partial charge in [0.1, 0.15) is 0 Å². The molecule has 114 valence electrons. The van der Waals surface area contributed by atoms with Crippen molar-refractivity contribution < 1.29 is 4.74 Å². The summed E-state index contributed by atoms with van der Waals surface area (Å²) >= 11 is 1.73. The van der Waals surface area contributed by atoms with Crippen molar-refractivity contribution >= 4 is 11.3 Å². The molecule has 1 unspecified atom stereocenters. The second-order valence-corrected chi connectivity index (χ2v) is 7.03. The zero-order valence-corrected chi connectivity index (χ0v) is 13.8. The third-order valence-electron chi connectivity index (χ3n) is 3.86. The quantitative estimate of drug-likeness (QED) is 0.838. The molecule has 0 amide bonds. The molecule has 1 aliphatic heterocycles. The summed E-state index contributed by atoms with van der Waals surface area (Å²) in [6.07, 6.45) is 2.43. The smallest absolute Gasteiger partial charge is 0.0897 e. The summed E-state index contributed by atoms with van der Waals surface area (Å²) in [6, 6.07) is 0. The van der Waals surface area contributed by atoms with E-state index >= 15 is 0 Å². The SMILES string of the molecule is CCNCC1(CN(C)Cc2csc(C)n2)CCCOC1. The van der Waals surface area contributed by atoms with Crippen molar-refractivity contribution in [1.82, 2.24) is 15.2 Å². The number of rotatable bonds is 7. The Bertz CT molecular complexity index is 402. The Labute approximate surface area is 126 Å². The number of nitrogens with zero attached hydrogens (tertiary/aromatic N) is 2. The molecule has 1 aliphatic rings. The van der Waals surface area contributed by atoms with Crippen LogP contribution in [0.5, 0.6) is 0 Å². The monoisotopic (exact) mass is 297 g/mol. The fraction of sp³-hybridized carbons (Fsp3) is 0.800. The summed E-state index contributed by atoms with van der Waals surface area (Å²) in [6.45, 7) is 10.1. The predicted octanol–water partition coefficient (Wildman–Crippen LogP) is 2.29. The molecule has 5 heteroatoms. The third kappa shape index (κ3) is 4.52. The van der Waals surface area contributed by atoms with Crippen LogP contribution < -0.4 is 5.32 Å². The molecule has 0 saturated carbocycles. The summed E-state index contributed by atoms with van der Waals surface area (Å²) in [5, 5.41) is 6.83. The van der Waals surface area contributed by atoms with Gasteiger partial charge in [0.25, 0.3) is 0 Å². The molecule has 1 fully saturated rings. The summed E-state index contributed by atoms with van der Waals surface area (Å²) in [5.41, 5.74) is 1.44. The Hall–Kier alpha value is -0.490. The molecule has 4 nitrogen and oxygen atoms in total. The predicted molar refractivity (Wildman–Crippen MR) is 84.2 cm³/mol. The van der Waals surface area contributed by atoms with E-state index in [0.717, 1.165) is 44.4 Å². The second-order valence-electron chi connectivity index (χ2n) is 5.97. The van der Waals surface area contributed by atoms with E-state index in [2.05, 4.69) is 41.5 Å². The third-order valence-corrected chi connectivity index (χ3v) is 4.68. The fourth-order valence-corrected chi connectivity index (χ4v) is 3.61. The van der Waals surface area contributed by atoms with E-state index in [1.165, 1.54) is 18.5 Å². The van der Waals surface area contributed by atoms with Crippen molar-refractivity contribution in [2.45, 2.75) is 33.2 Å². The maximum Gasteiger partial charge on any atom is 0.0897 e. The van der Waals surface area contributed by atoms with Crippen LogP contribution in [0.25, 0.3) is 0 Å². The molecule has 0 spiro atoms. The average molecular weight is 297 g/mol. The van der Waals surface area contributed by atoms with Gasteiger partial charge in [0, 0.05) is 37.0 Å². The summed E-state index contributed by atoms with van der Waals surface area (Å²) < 4.78 is 5.76. The molecule has 1 atom stereocenters. The number of hydrogen-bond acceptors (Lipinski definition) is 5. The lowest BCUT2D eigenvalue weighted by Crippen LogP contribution is -2.48. The van der Waals surface area contributed by atoms with E-state index in [1.807, 2.05) is 0 Å². The van der Waals surface area contributed by atoms with Gasteiger partial charge in [-0.25, -0.2) is 4.98 Å². The van der Waals surface area contributed by atoms with Crippen LogP contribution in [0, 0.1) is 12.3 Å². The minimum Gasteiger partial charge on any atom is -0.381 e. The normalized spacial score (nSPS) is 23.4. The van der Waals surface area contributed by atoms with Gasteiger partial charge in [-0.15, -0.1) is 11.3 Å². The van der Waals surface area contributed by atoms with Crippen LogP contribution in [0.1, 0.15) is 30.5 Å². The Morgan fingerprint density at radius 1 is 1.55 bits per heavy atom. The Balaban J connectivity index is 1.92. The van der Waals surface area contributed by atoms with Crippen LogP contribution in [0.3, 0.4) is 0 Å². The van der Waals surface area contributed by atoms with E-state index < -0.39 is 0 Å². The lowest BCUT2D eigenvalue weighted by molar-refractivity contribution is -0.0235. The van der Waals surface area contributed by atoms with Gasteiger partial charge in [-0.2, -0.15) is 0 Å². The first kappa shape index (κ1) is 15.9. The molecular formula is C15H27N3OS. The Morgan fingerprint density at radius 2 is 2.40 bits per heavy atom. The van der Waals surface area contributed by atoms with E-state index in [9.17, 15) is 0 Å². The van der Waals surface area contributed by atoms with Crippen LogP contribution in [0.4, 0.5) is 0 Å². The van der Waals surface area contributed by atoms with Crippen molar-refractivity contribution in [3.05, 3.63) is 16.1 Å². The average Bonchev–Trinajstić information content (AvgIpc) is 2.82. The second kappa shape index (κ2) is 7.50. The van der Waals surface area contributed by atoms with E-state index in [0.29, 0.717) is 0 Å². The number of thiazole rings is 1. The number of aryl methyl sites for hydroxylation is 1. The molecule has 20 heavy (non-hydrogen) atoms. The molecule has 0 aliphatic carbocycles. The van der Waals surface area contributed by atoms with Crippen molar-refractivity contribution in [3.8, 4) is 0 Å². The number of hydrogen-bond donors (Lipinski definition) is 1. The molecule has 0 bridgehead atoms. The summed E-state index contributed by atoms with van der Waals surface area (Å²) in [4.78, 5) is 6.95. The maximum absolute atomic E-state index is 5.76. The number of aromatic nitrogens is 1. The maximum atomic E-state index is 5.76. The zero-order chi connectivity index (χ0) is 14.4. The summed E-state index contributed by atoms with van der Waals surface area (Å²) in [7, 11) is 2.19. The van der Waals surface area contributed by atoms with Gasteiger partial charge >= 0.3 is 0 Å². The molecule has 0 aromatic carbocycles. The van der Waals surface area contributed by atoms with Crippen LogP contribution in [0.2, 0.25) is 0 Å². The topological polar surface area (TPSA) is 37.4 Å². The van der Waals surface area contributed by atoms with Crippen molar-refractivity contribution in [2.24, 2.45) is 5.41 Å². The lowest BCUT2D eigenvalue weighted by Gasteiger charge is -2.40. The molecule has 2 rings (SSSR count). The standard InChI is InChI=1S/C15H27N3OS/c1-4-16-10-15(6-5-7-19-12-15)11-18(3)8-14-9-20-13(2)17-14/h9,16H,4-8,10-12H2,1-3H3. The fourth-order valence-electron chi connectivity index (χ4n) is 3.01. The van der Waals surface area contributed by atoms with Crippen molar-refractivity contribution in [1.29, 1.82) is 0 Å². The molecule has 1 aromatic heterocycles. The Morgan fingerprint density at radius 3 is 3.00 bits per heavy atom. The van der Waals surface area contributed by atoms with Crippen LogP contribution >= 0.6 is 11.3 Å². The van der Waals surface area contributed by atoms with E-state index in [1.54, 1.807) is 11.3 Å². The Kier molecular flexibility index (Phi) is 5.96. The van der Waals surface area contributed by atoms with Gasteiger partial charge in [-0.1, -0.05) is 6.92 Å². The van der Waals surface area contributed by atoms with Gasteiger partial charge < -0.3 is 10.1 Å². The molecule has 1 N–H and O–H groups in total. The summed E-state index contributed by atoms with van der Waals surface area (Å²) in [5.74, 6) is 0. The van der Waals surface area contributed by atoms with Crippen LogP contribution in [-0.2, 0) is 11.3 Å². The largest absolute Gasteiger partial charge is 0.381 e. The minimum absolute atomic E-state index is 0.258. The van der Waals surface area contributed by atoms with Gasteiger partial charge in [0.05, 0.1) is 17.3 Å². The van der Waals surface area contributed by atoms with Gasteiger partial charge in [-0.05, 0) is 33.4 Å².